The molecule has 0 saturated carbocycles. The van der Waals surface area contributed by atoms with Gasteiger partial charge in [0.2, 0.25) is 10.0 Å². The number of thioether (sulfide) groups is 1. The summed E-state index contributed by atoms with van der Waals surface area (Å²) >= 11 is 1.75. The second kappa shape index (κ2) is 9.30. The summed E-state index contributed by atoms with van der Waals surface area (Å²) in [6.07, 6.45) is 1.39. The van der Waals surface area contributed by atoms with Crippen molar-refractivity contribution in [2.45, 2.75) is 18.4 Å². The summed E-state index contributed by atoms with van der Waals surface area (Å²) in [5, 5.41) is 2.87. The Bertz CT molecular complexity index is 1180. The van der Waals surface area contributed by atoms with Crippen molar-refractivity contribution in [3.63, 3.8) is 0 Å². The lowest BCUT2D eigenvalue weighted by molar-refractivity contribution is 0.0946. The molecule has 3 aromatic rings. The van der Waals surface area contributed by atoms with Gasteiger partial charge < -0.3 is 10.3 Å². The number of benzene rings is 2. The molecule has 6 nitrogen and oxygen atoms in total. The average Bonchev–Trinajstić information content (AvgIpc) is 3.30. The number of rotatable bonds is 6. The maximum absolute atomic E-state index is 12.8. The molecule has 1 saturated heterocycles. The van der Waals surface area contributed by atoms with Crippen LogP contribution in [0.3, 0.4) is 0 Å². The van der Waals surface area contributed by atoms with Crippen LogP contribution >= 0.6 is 11.8 Å². The minimum Gasteiger partial charge on any atom is -0.356 e. The molecule has 31 heavy (non-hydrogen) atoms. The van der Waals surface area contributed by atoms with Crippen molar-refractivity contribution in [2.24, 2.45) is 0 Å². The van der Waals surface area contributed by atoms with E-state index < -0.39 is 10.0 Å². The maximum atomic E-state index is 12.8. The van der Waals surface area contributed by atoms with Crippen LogP contribution in [-0.4, -0.2) is 48.2 Å². The minimum atomic E-state index is -3.57. The number of carbonyl (C=O) groups is 1. The summed E-state index contributed by atoms with van der Waals surface area (Å²) in [5.41, 5.74) is 4.61. The Morgan fingerprint density at radius 1 is 1.06 bits per heavy atom. The number of aromatic nitrogens is 1. The predicted molar refractivity (Wildman–Crippen MR) is 125 cm³/mol. The molecule has 4 rings (SSSR count). The molecule has 1 fully saturated rings. The minimum absolute atomic E-state index is 0.131. The van der Waals surface area contributed by atoms with Crippen molar-refractivity contribution in [1.82, 2.24) is 14.6 Å². The van der Waals surface area contributed by atoms with Crippen LogP contribution in [0.5, 0.6) is 0 Å². The highest BCUT2D eigenvalue weighted by Gasteiger charge is 2.27. The van der Waals surface area contributed by atoms with Gasteiger partial charge >= 0.3 is 0 Å². The number of H-pyrrole nitrogens is 1. The van der Waals surface area contributed by atoms with Gasteiger partial charge in [0.15, 0.2) is 0 Å². The van der Waals surface area contributed by atoms with Crippen LogP contribution < -0.4 is 5.32 Å². The van der Waals surface area contributed by atoms with Crippen LogP contribution in [0.15, 0.2) is 65.7 Å². The van der Waals surface area contributed by atoms with E-state index in [0.717, 1.165) is 28.2 Å². The third kappa shape index (κ3) is 5.03. The van der Waals surface area contributed by atoms with Gasteiger partial charge in [-0.3, -0.25) is 4.79 Å². The van der Waals surface area contributed by atoms with E-state index in [1.165, 1.54) is 22.1 Å². The van der Waals surface area contributed by atoms with Gasteiger partial charge in [0.25, 0.3) is 5.91 Å². The third-order valence-corrected chi connectivity index (χ3v) is 8.06. The van der Waals surface area contributed by atoms with Crippen molar-refractivity contribution >= 4 is 27.7 Å². The molecule has 0 aliphatic carbocycles. The van der Waals surface area contributed by atoms with Gasteiger partial charge in [-0.2, -0.15) is 16.1 Å². The van der Waals surface area contributed by atoms with E-state index in [4.69, 9.17) is 0 Å². The monoisotopic (exact) mass is 455 g/mol. The van der Waals surface area contributed by atoms with Gasteiger partial charge in [-0.25, -0.2) is 8.42 Å². The van der Waals surface area contributed by atoms with Crippen molar-refractivity contribution in [2.75, 3.05) is 24.6 Å². The van der Waals surface area contributed by atoms with Crippen molar-refractivity contribution in [3.05, 3.63) is 77.6 Å². The molecule has 0 unspecified atom stereocenters. The molecule has 8 heteroatoms. The van der Waals surface area contributed by atoms with E-state index >= 15 is 0 Å². The molecule has 162 valence electrons. The zero-order chi connectivity index (χ0) is 21.8. The van der Waals surface area contributed by atoms with Gasteiger partial charge in [-0.05, 0) is 35.7 Å². The Kier molecular flexibility index (Phi) is 6.50. The van der Waals surface area contributed by atoms with Gasteiger partial charge in [-0.1, -0.05) is 48.0 Å². The zero-order valence-corrected chi connectivity index (χ0v) is 18.9. The van der Waals surface area contributed by atoms with E-state index in [0.29, 0.717) is 19.6 Å². The highest BCUT2D eigenvalue weighted by atomic mass is 32.2. The van der Waals surface area contributed by atoms with Crippen LogP contribution in [0, 0.1) is 6.92 Å². The average molecular weight is 456 g/mol. The lowest BCUT2D eigenvalue weighted by atomic mass is 10.0. The summed E-state index contributed by atoms with van der Waals surface area (Å²) in [4.78, 5) is 15.5. The maximum Gasteiger partial charge on any atom is 0.268 e. The second-order valence-electron chi connectivity index (χ2n) is 7.52. The fourth-order valence-corrected chi connectivity index (χ4v) is 6.12. The van der Waals surface area contributed by atoms with Crippen molar-refractivity contribution in [1.29, 1.82) is 0 Å². The first-order valence-electron chi connectivity index (χ1n) is 10.1. The first-order chi connectivity index (χ1) is 14.9. The Hall–Kier alpha value is -2.55. The first-order valence-corrected chi connectivity index (χ1v) is 12.7. The fraction of sp³-hybridized carbons (Fsp3) is 0.261. The number of nitrogens with one attached hydrogen (secondary N) is 2. The summed E-state index contributed by atoms with van der Waals surface area (Å²) < 4.78 is 27.0. The lowest BCUT2D eigenvalue weighted by Crippen LogP contribution is -2.37. The molecule has 2 aromatic carbocycles. The zero-order valence-electron chi connectivity index (χ0n) is 17.3. The number of aromatic amines is 1. The topological polar surface area (TPSA) is 82.3 Å². The number of nitrogens with zero attached hydrogens (tertiary/aromatic N) is 1. The Balaban J connectivity index is 1.42. The molecule has 1 amide bonds. The van der Waals surface area contributed by atoms with Crippen LogP contribution in [0.4, 0.5) is 0 Å². The van der Waals surface area contributed by atoms with Gasteiger partial charge in [-0.15, -0.1) is 0 Å². The number of hydrogen-bond acceptors (Lipinski definition) is 4. The van der Waals surface area contributed by atoms with Crippen molar-refractivity contribution < 1.29 is 13.2 Å². The van der Waals surface area contributed by atoms with Crippen molar-refractivity contribution in [3.8, 4) is 11.1 Å². The summed E-state index contributed by atoms with van der Waals surface area (Å²) in [6, 6.07) is 17.7. The SMILES string of the molecule is Cc1cccc(-c2cccc(CNC(=O)c3cc(S(=O)(=O)N4CCSCC4)c[nH]3)c2)c1. The molecule has 0 spiro atoms. The number of amides is 1. The highest BCUT2D eigenvalue weighted by molar-refractivity contribution is 7.99. The lowest BCUT2D eigenvalue weighted by Gasteiger charge is -2.24. The smallest absolute Gasteiger partial charge is 0.268 e. The summed E-state index contributed by atoms with van der Waals surface area (Å²) in [6.45, 7) is 3.40. The number of sulfonamides is 1. The summed E-state index contributed by atoms with van der Waals surface area (Å²) in [5.74, 6) is 1.24. The number of carbonyl (C=O) groups excluding carboxylic acids is 1. The van der Waals surface area contributed by atoms with Crippen LogP contribution in [0.2, 0.25) is 0 Å². The van der Waals surface area contributed by atoms with E-state index in [2.05, 4.69) is 35.4 Å². The predicted octanol–water partition coefficient (Wildman–Crippen LogP) is 3.66. The van der Waals surface area contributed by atoms with Crippen LogP contribution in [-0.2, 0) is 16.6 Å². The van der Waals surface area contributed by atoms with E-state index in [1.54, 1.807) is 11.8 Å². The molecule has 0 bridgehead atoms. The van der Waals surface area contributed by atoms with E-state index in [9.17, 15) is 13.2 Å². The molecule has 2 N–H and O–H groups in total. The normalized spacial score (nSPS) is 15.0. The van der Waals surface area contributed by atoms with E-state index in [1.807, 2.05) is 30.3 Å². The molecule has 0 atom stereocenters. The first kappa shape index (κ1) is 21.7. The Morgan fingerprint density at radius 3 is 2.52 bits per heavy atom. The molecular formula is C23H25N3O3S2. The molecular weight excluding hydrogens is 430 g/mol. The van der Waals surface area contributed by atoms with Crippen LogP contribution in [0.1, 0.15) is 21.6 Å². The Morgan fingerprint density at radius 2 is 1.77 bits per heavy atom. The molecule has 0 radical (unpaired) electrons. The van der Waals surface area contributed by atoms with Crippen LogP contribution in [0.25, 0.3) is 11.1 Å². The van der Waals surface area contributed by atoms with Gasteiger partial charge in [0.05, 0.1) is 0 Å². The van der Waals surface area contributed by atoms with E-state index in [-0.39, 0.29) is 16.5 Å². The second-order valence-corrected chi connectivity index (χ2v) is 10.7. The fourth-order valence-electron chi connectivity index (χ4n) is 3.55. The molecule has 1 aliphatic heterocycles. The Labute approximate surface area is 187 Å². The molecule has 1 aromatic heterocycles. The number of hydrogen-bond donors (Lipinski definition) is 2. The number of aryl methyl sites for hydroxylation is 1. The van der Waals surface area contributed by atoms with Gasteiger partial charge in [0.1, 0.15) is 10.6 Å². The molecule has 2 heterocycles. The quantitative estimate of drug-likeness (QED) is 0.594. The highest BCUT2D eigenvalue weighted by Crippen LogP contribution is 2.22. The largest absolute Gasteiger partial charge is 0.356 e. The standard InChI is InChI=1S/C23H25N3O3S2/c1-17-4-2-6-19(12-17)20-7-3-5-18(13-20)15-25-23(27)22-14-21(16-24-22)31(28,29)26-8-10-30-11-9-26/h2-7,12-14,16,24H,8-11,15H2,1H3,(H,25,27). The third-order valence-electron chi connectivity index (χ3n) is 5.24. The van der Waals surface area contributed by atoms with Gasteiger partial charge in [0, 0.05) is 37.3 Å². The summed E-state index contributed by atoms with van der Waals surface area (Å²) in [7, 11) is -3.57. The molecule has 1 aliphatic rings.